The summed E-state index contributed by atoms with van der Waals surface area (Å²) >= 11 is 0. The van der Waals surface area contributed by atoms with Gasteiger partial charge in [-0.1, -0.05) is 17.3 Å². The maximum atomic E-state index is 13.4. The van der Waals surface area contributed by atoms with Gasteiger partial charge in [0.1, 0.15) is 5.82 Å². The maximum absolute atomic E-state index is 13.4. The van der Waals surface area contributed by atoms with E-state index in [1.165, 1.54) is 6.07 Å². The molecule has 1 unspecified atom stereocenters. The summed E-state index contributed by atoms with van der Waals surface area (Å²) in [5.74, 6) is 1.38. The quantitative estimate of drug-likeness (QED) is 0.728. The summed E-state index contributed by atoms with van der Waals surface area (Å²) in [4.78, 5) is 6.92. The second kappa shape index (κ2) is 6.80. The SMILES string of the molecule is Cn1ccc(-c2noc(C3CCCN(Cc4cccc(F)c4)C3)n2)c1. The fourth-order valence-corrected chi connectivity index (χ4v) is 3.45. The molecule has 0 spiro atoms. The van der Waals surface area contributed by atoms with Crippen LogP contribution >= 0.6 is 0 Å². The lowest BCUT2D eigenvalue weighted by Crippen LogP contribution is -2.34. The van der Waals surface area contributed by atoms with Crippen molar-refractivity contribution in [1.29, 1.82) is 0 Å². The number of aromatic nitrogens is 3. The highest BCUT2D eigenvalue weighted by molar-refractivity contribution is 5.52. The first-order valence-corrected chi connectivity index (χ1v) is 8.60. The molecule has 0 N–H and O–H groups in total. The van der Waals surface area contributed by atoms with E-state index in [4.69, 9.17) is 4.52 Å². The summed E-state index contributed by atoms with van der Waals surface area (Å²) in [6, 6.07) is 8.78. The Morgan fingerprint density at radius 3 is 3.04 bits per heavy atom. The van der Waals surface area contributed by atoms with Gasteiger partial charge in [-0.05, 0) is 43.1 Å². The van der Waals surface area contributed by atoms with Gasteiger partial charge in [-0.3, -0.25) is 4.90 Å². The van der Waals surface area contributed by atoms with Gasteiger partial charge >= 0.3 is 0 Å². The van der Waals surface area contributed by atoms with Crippen LogP contribution in [-0.4, -0.2) is 32.7 Å². The summed E-state index contributed by atoms with van der Waals surface area (Å²) in [6.07, 6.45) is 6.05. The van der Waals surface area contributed by atoms with Crippen molar-refractivity contribution in [3.8, 4) is 11.4 Å². The van der Waals surface area contributed by atoms with Crippen molar-refractivity contribution >= 4 is 0 Å². The number of rotatable bonds is 4. The molecule has 1 saturated heterocycles. The van der Waals surface area contributed by atoms with Crippen LogP contribution in [0.15, 0.2) is 47.2 Å². The zero-order valence-corrected chi connectivity index (χ0v) is 14.2. The third-order valence-corrected chi connectivity index (χ3v) is 4.68. The molecule has 3 heterocycles. The molecular formula is C19H21FN4O. The lowest BCUT2D eigenvalue weighted by molar-refractivity contribution is 0.180. The van der Waals surface area contributed by atoms with E-state index in [1.54, 1.807) is 12.1 Å². The Hall–Kier alpha value is -2.47. The van der Waals surface area contributed by atoms with Gasteiger partial charge in [-0.2, -0.15) is 4.98 Å². The van der Waals surface area contributed by atoms with Crippen molar-refractivity contribution in [2.45, 2.75) is 25.3 Å². The monoisotopic (exact) mass is 340 g/mol. The summed E-state index contributed by atoms with van der Waals surface area (Å²) in [6.45, 7) is 2.60. The summed E-state index contributed by atoms with van der Waals surface area (Å²) in [5, 5.41) is 4.13. The fraction of sp³-hybridized carbons (Fsp3) is 0.368. The van der Waals surface area contributed by atoms with E-state index in [-0.39, 0.29) is 11.7 Å². The Labute approximate surface area is 146 Å². The van der Waals surface area contributed by atoms with Crippen LogP contribution in [0.4, 0.5) is 4.39 Å². The number of hydrogen-bond donors (Lipinski definition) is 0. The predicted molar refractivity (Wildman–Crippen MR) is 92.4 cm³/mol. The van der Waals surface area contributed by atoms with E-state index >= 15 is 0 Å². The van der Waals surface area contributed by atoms with Gasteiger partial charge in [0.2, 0.25) is 11.7 Å². The Bertz CT molecular complexity index is 856. The van der Waals surface area contributed by atoms with Crippen molar-refractivity contribution in [2.75, 3.05) is 13.1 Å². The molecule has 130 valence electrons. The van der Waals surface area contributed by atoms with Gasteiger partial charge < -0.3 is 9.09 Å². The molecule has 0 aliphatic carbocycles. The third kappa shape index (κ3) is 3.64. The number of halogens is 1. The van der Waals surface area contributed by atoms with Gasteiger partial charge in [0.25, 0.3) is 0 Å². The molecule has 3 aromatic rings. The van der Waals surface area contributed by atoms with Gasteiger partial charge in [-0.25, -0.2) is 4.39 Å². The molecule has 5 nitrogen and oxygen atoms in total. The summed E-state index contributed by atoms with van der Waals surface area (Å²) < 4.78 is 20.9. The molecule has 1 atom stereocenters. The maximum Gasteiger partial charge on any atom is 0.231 e. The largest absolute Gasteiger partial charge is 0.357 e. The molecular weight excluding hydrogens is 319 g/mol. The second-order valence-electron chi connectivity index (χ2n) is 6.73. The van der Waals surface area contributed by atoms with Crippen LogP contribution in [-0.2, 0) is 13.6 Å². The van der Waals surface area contributed by atoms with Crippen LogP contribution in [0.1, 0.15) is 30.2 Å². The number of likely N-dealkylation sites (tertiary alicyclic amines) is 1. The fourth-order valence-electron chi connectivity index (χ4n) is 3.45. The minimum absolute atomic E-state index is 0.185. The zero-order valence-electron chi connectivity index (χ0n) is 14.2. The van der Waals surface area contributed by atoms with E-state index in [0.717, 1.165) is 43.6 Å². The van der Waals surface area contributed by atoms with Crippen molar-refractivity contribution in [1.82, 2.24) is 19.6 Å². The minimum Gasteiger partial charge on any atom is -0.357 e. The standard InChI is InChI=1S/C19H21FN4O/c1-23-9-7-15(12-23)18-21-19(25-22-18)16-5-3-8-24(13-16)11-14-4-2-6-17(20)10-14/h2,4,6-7,9-10,12,16H,3,5,8,11,13H2,1H3. The van der Waals surface area contributed by atoms with Crippen LogP contribution in [0.3, 0.4) is 0 Å². The number of nitrogens with zero attached hydrogens (tertiary/aromatic N) is 4. The van der Waals surface area contributed by atoms with Crippen molar-refractivity contribution in [3.63, 3.8) is 0 Å². The van der Waals surface area contributed by atoms with E-state index < -0.39 is 0 Å². The van der Waals surface area contributed by atoms with Crippen LogP contribution in [0, 0.1) is 5.82 Å². The highest BCUT2D eigenvalue weighted by Gasteiger charge is 2.26. The molecule has 2 aromatic heterocycles. The van der Waals surface area contributed by atoms with E-state index in [2.05, 4.69) is 15.0 Å². The Morgan fingerprint density at radius 2 is 2.24 bits per heavy atom. The molecule has 0 saturated carbocycles. The minimum atomic E-state index is -0.185. The first-order chi connectivity index (χ1) is 12.2. The Balaban J connectivity index is 1.45. The predicted octanol–water partition coefficient (Wildman–Crippen LogP) is 3.59. The lowest BCUT2D eigenvalue weighted by atomic mass is 9.97. The highest BCUT2D eigenvalue weighted by atomic mass is 19.1. The second-order valence-corrected chi connectivity index (χ2v) is 6.73. The molecule has 1 fully saturated rings. The van der Waals surface area contributed by atoms with Gasteiger partial charge in [0.05, 0.1) is 5.92 Å². The van der Waals surface area contributed by atoms with E-state index in [9.17, 15) is 4.39 Å². The van der Waals surface area contributed by atoms with Crippen LogP contribution < -0.4 is 0 Å². The summed E-state index contributed by atoms with van der Waals surface area (Å²) in [7, 11) is 1.97. The third-order valence-electron chi connectivity index (χ3n) is 4.68. The topological polar surface area (TPSA) is 47.1 Å². The average Bonchev–Trinajstić information content (AvgIpc) is 3.24. The average molecular weight is 340 g/mol. The smallest absolute Gasteiger partial charge is 0.231 e. The van der Waals surface area contributed by atoms with Crippen molar-refractivity contribution in [2.24, 2.45) is 7.05 Å². The normalized spacial score (nSPS) is 18.6. The van der Waals surface area contributed by atoms with Crippen LogP contribution in [0.2, 0.25) is 0 Å². The molecule has 6 heteroatoms. The molecule has 25 heavy (non-hydrogen) atoms. The number of aryl methyl sites for hydroxylation is 1. The molecule has 0 radical (unpaired) electrons. The zero-order chi connectivity index (χ0) is 17.2. The van der Waals surface area contributed by atoms with Crippen LogP contribution in [0.25, 0.3) is 11.4 Å². The molecule has 4 rings (SSSR count). The Kier molecular flexibility index (Phi) is 4.36. The van der Waals surface area contributed by atoms with E-state index in [1.807, 2.05) is 36.1 Å². The van der Waals surface area contributed by atoms with Gasteiger partial charge in [0, 0.05) is 38.1 Å². The highest BCUT2D eigenvalue weighted by Crippen LogP contribution is 2.28. The first-order valence-electron chi connectivity index (χ1n) is 8.60. The van der Waals surface area contributed by atoms with E-state index in [0.29, 0.717) is 11.7 Å². The van der Waals surface area contributed by atoms with Gasteiger partial charge in [0.15, 0.2) is 0 Å². The molecule has 1 aliphatic rings. The van der Waals surface area contributed by atoms with Crippen molar-refractivity contribution < 1.29 is 8.91 Å². The van der Waals surface area contributed by atoms with Crippen LogP contribution in [0.5, 0.6) is 0 Å². The Morgan fingerprint density at radius 1 is 1.32 bits per heavy atom. The number of hydrogen-bond acceptors (Lipinski definition) is 4. The lowest BCUT2D eigenvalue weighted by Gasteiger charge is -2.30. The van der Waals surface area contributed by atoms with Gasteiger partial charge in [-0.15, -0.1) is 0 Å². The molecule has 1 aliphatic heterocycles. The molecule has 0 bridgehead atoms. The van der Waals surface area contributed by atoms with Crippen molar-refractivity contribution in [3.05, 3.63) is 60.0 Å². The first kappa shape index (κ1) is 16.0. The molecule has 0 amide bonds. The number of benzene rings is 1. The number of piperidine rings is 1. The summed E-state index contributed by atoms with van der Waals surface area (Å²) in [5.41, 5.74) is 1.96. The molecule has 1 aromatic carbocycles.